The van der Waals surface area contributed by atoms with Gasteiger partial charge in [-0.15, -0.1) is 0 Å². The van der Waals surface area contributed by atoms with Crippen molar-refractivity contribution in [1.82, 2.24) is 25.3 Å². The predicted octanol–water partition coefficient (Wildman–Crippen LogP) is 13.8. The predicted molar refractivity (Wildman–Crippen MR) is 406 cm³/mol. The molecule has 7 atom stereocenters. The van der Waals surface area contributed by atoms with E-state index in [0.717, 1.165) is 194 Å². The maximum atomic E-state index is 13.9. The molecule has 3 aromatic heterocycles. The number of amides is 5. The number of hydrogen-bond donors (Lipinski definition) is 4. The molecular weight excluding hydrogens is 1290 g/mol. The van der Waals surface area contributed by atoms with Gasteiger partial charge in [-0.3, -0.25) is 24.0 Å². The molecule has 0 spiro atoms. The first-order valence-corrected chi connectivity index (χ1v) is 36.3. The second kappa shape index (κ2) is 35.2. The molecule has 18 rings (SSSR count). The van der Waals surface area contributed by atoms with Gasteiger partial charge in [0.1, 0.15) is 63.4 Å². The molecule has 12 heterocycles. The van der Waals surface area contributed by atoms with Gasteiger partial charge in [0.2, 0.25) is 29.5 Å². The fraction of sp³-hybridized carbons (Fsp3) is 0.447. The quantitative estimate of drug-likeness (QED) is 0.128. The molecule has 18 heteroatoms. The van der Waals surface area contributed by atoms with Crippen LogP contribution in [0.4, 0.5) is 0 Å². The van der Waals surface area contributed by atoms with Crippen LogP contribution in [-0.2, 0) is 81.8 Å². The Labute approximate surface area is 607 Å². The highest BCUT2D eigenvalue weighted by molar-refractivity contribution is 5.91. The third kappa shape index (κ3) is 18.2. The number of hydrogen-bond acceptors (Lipinski definition) is 13. The molecule has 3 saturated heterocycles. The average Bonchev–Trinajstić information content (AvgIpc) is 1.65. The average molecular weight is 1400 g/mol. The molecule has 3 fully saturated rings. The van der Waals surface area contributed by atoms with E-state index < -0.39 is 24.2 Å². The normalized spacial score (nSPS) is 21.2. The lowest BCUT2D eigenvalue weighted by Gasteiger charge is -2.30. The van der Waals surface area contributed by atoms with Gasteiger partial charge in [0.25, 0.3) is 0 Å². The maximum Gasteiger partial charge on any atom is 0.245 e. The Bertz CT molecular complexity index is 4120. The number of nitrogens with zero attached hydrogens (tertiary/aromatic N) is 3. The van der Waals surface area contributed by atoms with Crippen LogP contribution in [0.3, 0.4) is 0 Å². The van der Waals surface area contributed by atoms with E-state index in [1.54, 1.807) is 6.92 Å². The van der Waals surface area contributed by atoms with E-state index in [0.29, 0.717) is 45.6 Å². The number of ether oxygens (including phenoxy) is 3. The SMILES string of the molecule is C.C.C.CC(C)C(=O)N[C@H]1Cc2ccc(cc2)OCCCc2oc3ccccc3c2C[C@@H]2CCCN2C1=O.C[C@H](N)C(=O)N[C@H]1Cc2ccc(cc2)OCCCc2oc3ccccc3c2C[C@@H]2CCCN2C1=O.N[C@H]1Cc2ccc(cc2)OCCCc2oc3ccccc3c2C[C@@H]2CCCN2C1=O. The van der Waals surface area contributed by atoms with E-state index in [-0.39, 0.29) is 75.9 Å². The summed E-state index contributed by atoms with van der Waals surface area (Å²) in [6, 6.07) is 45.9. The van der Waals surface area contributed by atoms with Crippen LogP contribution in [0, 0.1) is 5.92 Å². The monoisotopic (exact) mass is 1400 g/mol. The first-order valence-electron chi connectivity index (χ1n) is 36.3. The van der Waals surface area contributed by atoms with Crippen LogP contribution < -0.4 is 36.3 Å². The van der Waals surface area contributed by atoms with Crippen molar-refractivity contribution in [3.05, 3.63) is 196 Å². The summed E-state index contributed by atoms with van der Waals surface area (Å²) in [5.41, 5.74) is 21.5. The van der Waals surface area contributed by atoms with Crippen molar-refractivity contribution in [3.63, 3.8) is 0 Å². The lowest BCUT2D eigenvalue weighted by molar-refractivity contribution is -0.137. The first-order chi connectivity index (χ1) is 48.7. The highest BCUT2D eigenvalue weighted by Gasteiger charge is 2.39. The largest absolute Gasteiger partial charge is 0.494 e. The van der Waals surface area contributed by atoms with Crippen LogP contribution in [0.15, 0.2) is 159 Å². The summed E-state index contributed by atoms with van der Waals surface area (Å²) in [7, 11) is 0. The molecule has 9 aromatic rings. The molecule has 9 aliphatic rings. The van der Waals surface area contributed by atoms with Crippen molar-refractivity contribution in [2.24, 2.45) is 17.4 Å². The molecule has 6 N–H and O–H groups in total. The number of para-hydroxylation sites is 3. The van der Waals surface area contributed by atoms with Gasteiger partial charge in [0.05, 0.1) is 31.9 Å². The second-order valence-electron chi connectivity index (χ2n) is 28.2. The summed E-state index contributed by atoms with van der Waals surface area (Å²) in [6.45, 7) is 9.37. The zero-order valence-electron chi connectivity index (χ0n) is 57.9. The first kappa shape index (κ1) is 76.3. The Morgan fingerprint density at radius 3 is 1.08 bits per heavy atom. The minimum absolute atomic E-state index is 0. The number of nitrogens with one attached hydrogen (secondary N) is 2. The number of fused-ring (bicyclic) bond motifs is 24. The molecule has 0 saturated carbocycles. The summed E-state index contributed by atoms with van der Waals surface area (Å²) in [5, 5.41) is 9.34. The lowest BCUT2D eigenvalue weighted by atomic mass is 9.98. The fourth-order valence-corrected chi connectivity index (χ4v) is 15.3. The summed E-state index contributed by atoms with van der Waals surface area (Å²) < 4.78 is 36.6. The zero-order chi connectivity index (χ0) is 69.2. The lowest BCUT2D eigenvalue weighted by Crippen LogP contribution is -2.54. The van der Waals surface area contributed by atoms with Gasteiger partial charge in [-0.25, -0.2) is 0 Å². The van der Waals surface area contributed by atoms with E-state index in [9.17, 15) is 24.0 Å². The molecule has 103 heavy (non-hydrogen) atoms. The van der Waals surface area contributed by atoms with Gasteiger partial charge in [0, 0.05) is 109 Å². The van der Waals surface area contributed by atoms with E-state index in [1.807, 2.05) is 150 Å². The van der Waals surface area contributed by atoms with Crippen LogP contribution in [-0.4, -0.2) is 126 Å². The van der Waals surface area contributed by atoms with Crippen molar-refractivity contribution < 1.29 is 51.4 Å². The van der Waals surface area contributed by atoms with Gasteiger partial charge in [-0.05, 0) is 162 Å². The van der Waals surface area contributed by atoms with Crippen molar-refractivity contribution in [3.8, 4) is 17.2 Å². The van der Waals surface area contributed by atoms with Gasteiger partial charge in [-0.1, -0.05) is 127 Å². The third-order valence-electron chi connectivity index (χ3n) is 20.7. The molecule has 0 unspecified atom stereocenters. The Morgan fingerprint density at radius 2 is 0.738 bits per heavy atom. The van der Waals surface area contributed by atoms with Crippen LogP contribution in [0.1, 0.15) is 152 Å². The molecule has 548 valence electrons. The zero-order valence-corrected chi connectivity index (χ0v) is 57.9. The molecule has 6 aromatic carbocycles. The second-order valence-corrected chi connectivity index (χ2v) is 28.2. The van der Waals surface area contributed by atoms with Crippen LogP contribution >= 0.6 is 0 Å². The molecule has 9 aliphatic heterocycles. The topological polar surface area (TPSA) is 238 Å². The van der Waals surface area contributed by atoms with Crippen LogP contribution in [0.2, 0.25) is 0 Å². The minimum Gasteiger partial charge on any atom is -0.494 e. The van der Waals surface area contributed by atoms with Crippen molar-refractivity contribution >= 4 is 62.4 Å². The maximum absolute atomic E-state index is 13.9. The molecule has 6 bridgehead atoms. The Hall–Kier alpha value is -9.39. The van der Waals surface area contributed by atoms with Gasteiger partial charge in [0.15, 0.2) is 0 Å². The highest BCUT2D eigenvalue weighted by Crippen LogP contribution is 2.36. The molecule has 5 amide bonds. The van der Waals surface area contributed by atoms with E-state index >= 15 is 0 Å². The van der Waals surface area contributed by atoms with Crippen LogP contribution in [0.25, 0.3) is 32.9 Å². The summed E-state index contributed by atoms with van der Waals surface area (Å²) in [4.78, 5) is 72.0. The number of nitrogens with two attached hydrogens (primary N) is 2. The van der Waals surface area contributed by atoms with Crippen LogP contribution in [0.5, 0.6) is 17.2 Å². The van der Waals surface area contributed by atoms with Crippen molar-refractivity contribution in [2.45, 2.75) is 201 Å². The summed E-state index contributed by atoms with van der Waals surface area (Å²) in [6.07, 6.45) is 14.5. The molecule has 0 radical (unpaired) electrons. The van der Waals surface area contributed by atoms with Gasteiger partial charge in [-0.2, -0.15) is 0 Å². The summed E-state index contributed by atoms with van der Waals surface area (Å²) in [5.74, 6) is 4.81. The highest BCUT2D eigenvalue weighted by atomic mass is 16.5. The smallest absolute Gasteiger partial charge is 0.245 e. The number of benzene rings is 6. The molecule has 18 nitrogen and oxygen atoms in total. The Morgan fingerprint density at radius 1 is 0.417 bits per heavy atom. The van der Waals surface area contributed by atoms with E-state index in [2.05, 4.69) is 34.9 Å². The number of aryl methyl sites for hydroxylation is 3. The Kier molecular flexibility index (Phi) is 26.1. The molecular formula is C85H107N7O11. The van der Waals surface area contributed by atoms with Gasteiger partial charge < -0.3 is 64.3 Å². The standard InChI is InChI=1S/C29H34N2O4.C28H33N3O4.C25H28N2O3.3CH4/c1-19(2)28(32)30-25-17-20-11-13-22(14-12-20)34-16-6-10-27-24(23-8-3-4-9-26(23)35-27)18-21-7-5-15-31(21)29(25)33;1-18(29)27(32)30-24-16-19-10-12-21(13-11-19)34-15-5-9-26-23(22-7-2-3-8-25(22)35-26)17-20-6-4-14-31(20)28(24)33;26-22-15-17-9-11-19(12-10-17)29-14-4-8-24-21(20-6-1-2-7-23(20)30-24)16-18-5-3-13-27(18)25(22)28;;;/h3-4,8-9,11-14,19,21,25H,5-7,10,15-18H2,1-2H3,(H,30,32);2-3,7-8,10-13,18,20,24H,4-6,9,14-17,29H2,1H3,(H,30,32);1-2,6-7,9-12,18,22H,3-5,8,13-16,26H2;3*1H4/t21-,25-;18-,20-,24-;18-,22-;;;/m000.../s1. The number of rotatable bonds is 4. The molecule has 0 aliphatic carbocycles. The van der Waals surface area contributed by atoms with E-state index in [4.69, 9.17) is 38.9 Å². The fourth-order valence-electron chi connectivity index (χ4n) is 15.3. The summed E-state index contributed by atoms with van der Waals surface area (Å²) >= 11 is 0. The number of furan rings is 3. The third-order valence-corrected chi connectivity index (χ3v) is 20.7. The minimum atomic E-state index is -0.687. The van der Waals surface area contributed by atoms with Crippen molar-refractivity contribution in [1.29, 1.82) is 0 Å². The van der Waals surface area contributed by atoms with E-state index in [1.165, 1.54) is 16.7 Å². The van der Waals surface area contributed by atoms with Gasteiger partial charge >= 0.3 is 0 Å². The Balaban J connectivity index is 0.000000164. The number of carbonyl (C=O) groups is 5. The van der Waals surface area contributed by atoms with Crippen molar-refractivity contribution in [2.75, 3.05) is 39.5 Å². The number of carbonyl (C=O) groups excluding carboxylic acids is 5.